The van der Waals surface area contributed by atoms with Gasteiger partial charge in [0.2, 0.25) is 0 Å². The molecule has 4 rings (SSSR count). The predicted octanol–water partition coefficient (Wildman–Crippen LogP) is 6.05. The third-order valence-electron chi connectivity index (χ3n) is 5.00. The Labute approximate surface area is 189 Å². The molecule has 0 saturated heterocycles. The van der Waals surface area contributed by atoms with E-state index >= 15 is 0 Å². The van der Waals surface area contributed by atoms with Crippen LogP contribution in [0.15, 0.2) is 66.9 Å². The number of hydrogen-bond donors (Lipinski definition) is 1. The largest absolute Gasteiger partial charge is 0.495 e. The minimum absolute atomic E-state index is 0.251. The zero-order chi connectivity index (χ0) is 22.1. The number of ketones is 1. The third kappa shape index (κ3) is 4.02. The lowest BCUT2D eigenvalue weighted by Crippen LogP contribution is -2.25. The quantitative estimate of drug-likeness (QED) is 0.296. The van der Waals surface area contributed by atoms with Crippen molar-refractivity contribution in [3.8, 4) is 16.9 Å². The van der Waals surface area contributed by atoms with Crippen LogP contribution < -0.4 is 10.1 Å². The highest BCUT2D eigenvalue weighted by Crippen LogP contribution is 2.34. The number of fused-ring (bicyclic) bond motifs is 1. The van der Waals surface area contributed by atoms with E-state index in [4.69, 9.17) is 27.9 Å². The number of halogens is 2. The molecule has 0 aliphatic heterocycles. The number of carbonyl (C=O) groups is 2. The second-order valence-electron chi connectivity index (χ2n) is 6.99. The standard InChI is InChI=1S/C24H18Cl2N2O3/c1-14-11-16(25)7-8-20(14)27-24(30)23(29)22-18(13-17-5-3-4-10-28(17)22)15-6-9-21(31-2)19(26)12-15/h3-13H,1-2H3,(H,27,30). The van der Waals surface area contributed by atoms with Crippen molar-refractivity contribution in [2.24, 2.45) is 0 Å². The SMILES string of the molecule is COc1ccc(-c2cc3ccccn3c2C(=O)C(=O)Nc2ccc(Cl)cc2C)cc1Cl. The van der Waals surface area contributed by atoms with Crippen molar-refractivity contribution in [1.82, 2.24) is 4.40 Å². The van der Waals surface area contributed by atoms with Crippen LogP contribution in [0, 0.1) is 6.92 Å². The van der Waals surface area contributed by atoms with Crippen LogP contribution >= 0.6 is 23.2 Å². The molecule has 2 heterocycles. The molecule has 0 radical (unpaired) electrons. The molecule has 0 bridgehead atoms. The van der Waals surface area contributed by atoms with Gasteiger partial charge >= 0.3 is 0 Å². The fourth-order valence-corrected chi connectivity index (χ4v) is 3.95. The summed E-state index contributed by atoms with van der Waals surface area (Å²) in [5.41, 5.74) is 3.62. The average Bonchev–Trinajstić information content (AvgIpc) is 3.14. The molecule has 0 aliphatic carbocycles. The molecule has 31 heavy (non-hydrogen) atoms. The van der Waals surface area contributed by atoms with E-state index in [1.807, 2.05) is 25.1 Å². The number of aromatic nitrogens is 1. The number of aryl methyl sites for hydroxylation is 1. The summed E-state index contributed by atoms with van der Waals surface area (Å²) in [7, 11) is 1.53. The van der Waals surface area contributed by atoms with Crippen molar-refractivity contribution in [3.63, 3.8) is 0 Å². The third-order valence-corrected chi connectivity index (χ3v) is 5.53. The predicted molar refractivity (Wildman–Crippen MR) is 124 cm³/mol. The van der Waals surface area contributed by atoms with Gasteiger partial charge in [-0.15, -0.1) is 0 Å². The van der Waals surface area contributed by atoms with Crippen molar-refractivity contribution in [3.05, 3.63) is 88.2 Å². The van der Waals surface area contributed by atoms with Gasteiger partial charge in [0.15, 0.2) is 0 Å². The lowest BCUT2D eigenvalue weighted by molar-refractivity contribution is -0.112. The molecule has 1 N–H and O–H groups in total. The molecule has 0 atom stereocenters. The second-order valence-corrected chi connectivity index (χ2v) is 7.84. The first kappa shape index (κ1) is 21.0. The Kier molecular flexibility index (Phi) is 5.72. The minimum atomic E-state index is -0.741. The molecule has 0 unspecified atom stereocenters. The second kappa shape index (κ2) is 8.46. The Morgan fingerprint density at radius 2 is 1.81 bits per heavy atom. The highest BCUT2D eigenvalue weighted by molar-refractivity contribution is 6.47. The van der Waals surface area contributed by atoms with E-state index in [1.54, 1.807) is 53.1 Å². The molecule has 7 heteroatoms. The lowest BCUT2D eigenvalue weighted by Gasteiger charge is -2.10. The number of anilines is 1. The zero-order valence-corrected chi connectivity index (χ0v) is 18.3. The summed E-state index contributed by atoms with van der Waals surface area (Å²) in [6.07, 6.45) is 1.75. The number of nitrogens with one attached hydrogen (secondary N) is 1. The summed E-state index contributed by atoms with van der Waals surface area (Å²) in [5.74, 6) is -0.879. The number of methoxy groups -OCH3 is 1. The Morgan fingerprint density at radius 1 is 1.00 bits per heavy atom. The molecule has 2 aromatic carbocycles. The molecule has 156 valence electrons. The number of hydrogen-bond acceptors (Lipinski definition) is 3. The maximum absolute atomic E-state index is 13.3. The molecule has 5 nitrogen and oxygen atoms in total. The number of pyridine rings is 1. The van der Waals surface area contributed by atoms with Gasteiger partial charge in [-0.05, 0) is 66.6 Å². The Morgan fingerprint density at radius 3 is 2.52 bits per heavy atom. The summed E-state index contributed by atoms with van der Waals surface area (Å²) in [6, 6.07) is 17.7. The fourth-order valence-electron chi connectivity index (χ4n) is 3.46. The first-order valence-electron chi connectivity index (χ1n) is 9.45. The Bertz CT molecular complexity index is 1330. The maximum atomic E-state index is 13.3. The Hall–Kier alpha value is -3.28. The summed E-state index contributed by atoms with van der Waals surface area (Å²) in [5, 5.41) is 3.66. The first-order valence-corrected chi connectivity index (χ1v) is 10.2. The number of ether oxygens (including phenoxy) is 1. The van der Waals surface area contributed by atoms with Crippen LogP contribution in [-0.4, -0.2) is 23.2 Å². The lowest BCUT2D eigenvalue weighted by atomic mass is 10.0. The van der Waals surface area contributed by atoms with E-state index in [1.165, 1.54) is 7.11 Å². The van der Waals surface area contributed by atoms with Gasteiger partial charge in [-0.1, -0.05) is 35.3 Å². The number of rotatable bonds is 5. The van der Waals surface area contributed by atoms with E-state index in [0.717, 1.165) is 11.1 Å². The Balaban J connectivity index is 1.79. The van der Waals surface area contributed by atoms with Crippen LogP contribution in [-0.2, 0) is 4.79 Å². The van der Waals surface area contributed by atoms with Gasteiger partial charge in [0, 0.05) is 28.0 Å². The van der Waals surface area contributed by atoms with Gasteiger partial charge in [-0.25, -0.2) is 0 Å². The van der Waals surface area contributed by atoms with Crippen LogP contribution in [0.4, 0.5) is 5.69 Å². The van der Waals surface area contributed by atoms with Crippen molar-refractivity contribution >= 4 is 46.1 Å². The topological polar surface area (TPSA) is 59.8 Å². The van der Waals surface area contributed by atoms with E-state index in [2.05, 4.69) is 5.32 Å². The van der Waals surface area contributed by atoms with Crippen molar-refractivity contribution in [2.75, 3.05) is 12.4 Å². The van der Waals surface area contributed by atoms with Crippen LogP contribution in [0.3, 0.4) is 0 Å². The number of nitrogens with zero attached hydrogens (tertiary/aromatic N) is 1. The number of amides is 1. The fraction of sp³-hybridized carbons (Fsp3) is 0.0833. The van der Waals surface area contributed by atoms with Gasteiger partial charge in [0.25, 0.3) is 11.7 Å². The minimum Gasteiger partial charge on any atom is -0.495 e. The molecule has 0 spiro atoms. The molecule has 2 aromatic heterocycles. The number of carbonyl (C=O) groups excluding carboxylic acids is 2. The van der Waals surface area contributed by atoms with E-state index in [0.29, 0.717) is 32.6 Å². The van der Waals surface area contributed by atoms with E-state index in [-0.39, 0.29) is 5.69 Å². The molecule has 4 aromatic rings. The van der Waals surface area contributed by atoms with E-state index in [9.17, 15) is 9.59 Å². The summed E-state index contributed by atoms with van der Waals surface area (Å²) >= 11 is 12.3. The van der Waals surface area contributed by atoms with Crippen LogP contribution in [0.5, 0.6) is 5.75 Å². The maximum Gasteiger partial charge on any atom is 0.298 e. The normalized spacial score (nSPS) is 10.8. The zero-order valence-electron chi connectivity index (χ0n) is 16.8. The highest BCUT2D eigenvalue weighted by atomic mass is 35.5. The molecule has 0 fully saturated rings. The van der Waals surface area contributed by atoms with Crippen LogP contribution in [0.25, 0.3) is 16.6 Å². The summed E-state index contributed by atoms with van der Waals surface area (Å²) in [4.78, 5) is 26.2. The smallest absolute Gasteiger partial charge is 0.298 e. The summed E-state index contributed by atoms with van der Waals surface area (Å²) in [6.45, 7) is 1.81. The van der Waals surface area contributed by atoms with Gasteiger partial charge in [0.05, 0.1) is 12.1 Å². The van der Waals surface area contributed by atoms with Gasteiger partial charge < -0.3 is 14.5 Å². The first-order chi connectivity index (χ1) is 14.9. The van der Waals surface area contributed by atoms with Gasteiger partial charge in [-0.3, -0.25) is 9.59 Å². The van der Waals surface area contributed by atoms with Crippen molar-refractivity contribution in [2.45, 2.75) is 6.92 Å². The van der Waals surface area contributed by atoms with Crippen LogP contribution in [0.2, 0.25) is 10.0 Å². The number of Topliss-reactive ketones (excluding diaryl/α,β-unsaturated/α-hetero) is 1. The average molecular weight is 453 g/mol. The summed E-state index contributed by atoms with van der Waals surface area (Å²) < 4.78 is 6.92. The van der Waals surface area contributed by atoms with E-state index < -0.39 is 11.7 Å². The van der Waals surface area contributed by atoms with Crippen LogP contribution in [0.1, 0.15) is 16.1 Å². The molecular weight excluding hydrogens is 435 g/mol. The molecule has 0 saturated carbocycles. The monoisotopic (exact) mass is 452 g/mol. The van der Waals surface area contributed by atoms with Gasteiger partial charge in [-0.2, -0.15) is 0 Å². The molecule has 1 amide bonds. The number of benzene rings is 2. The molecule has 0 aliphatic rings. The van der Waals surface area contributed by atoms with Crippen molar-refractivity contribution < 1.29 is 14.3 Å². The van der Waals surface area contributed by atoms with Crippen molar-refractivity contribution in [1.29, 1.82) is 0 Å². The molecular formula is C24H18Cl2N2O3. The highest BCUT2D eigenvalue weighted by Gasteiger charge is 2.25. The van der Waals surface area contributed by atoms with Gasteiger partial charge in [0.1, 0.15) is 11.4 Å².